The molecule has 104 valence electrons. The van der Waals surface area contributed by atoms with Crippen LogP contribution in [0.25, 0.3) is 11.0 Å². The van der Waals surface area contributed by atoms with E-state index in [0.29, 0.717) is 5.02 Å². The van der Waals surface area contributed by atoms with Crippen molar-refractivity contribution in [3.05, 3.63) is 58.2 Å². The van der Waals surface area contributed by atoms with Gasteiger partial charge in [0.25, 0.3) is 0 Å². The quantitative estimate of drug-likeness (QED) is 0.765. The first-order chi connectivity index (χ1) is 9.60. The van der Waals surface area contributed by atoms with Gasteiger partial charge < -0.3 is 14.2 Å². The molecule has 0 radical (unpaired) electrons. The van der Waals surface area contributed by atoms with Crippen molar-refractivity contribution in [2.75, 3.05) is 7.05 Å². The summed E-state index contributed by atoms with van der Waals surface area (Å²) in [4.78, 5) is 0. The molecule has 0 aliphatic heterocycles. The van der Waals surface area contributed by atoms with Gasteiger partial charge in [-0.05, 0) is 39.1 Å². The van der Waals surface area contributed by atoms with Crippen molar-refractivity contribution >= 4 is 22.6 Å². The molecule has 1 aromatic carbocycles. The van der Waals surface area contributed by atoms with Crippen molar-refractivity contribution in [1.82, 2.24) is 5.32 Å². The minimum absolute atomic E-state index is 0.0454. The third-order valence-corrected chi connectivity index (χ3v) is 3.78. The Morgan fingerprint density at radius 3 is 2.55 bits per heavy atom. The number of aryl methyl sites for hydroxylation is 2. The number of rotatable bonds is 3. The van der Waals surface area contributed by atoms with Crippen molar-refractivity contribution in [1.29, 1.82) is 0 Å². The fourth-order valence-electron chi connectivity index (χ4n) is 2.58. The van der Waals surface area contributed by atoms with Gasteiger partial charge in [0.2, 0.25) is 0 Å². The Labute approximate surface area is 122 Å². The highest BCUT2D eigenvalue weighted by molar-refractivity contribution is 6.34. The average Bonchev–Trinajstić information content (AvgIpc) is 2.96. The van der Waals surface area contributed by atoms with E-state index in [0.717, 1.165) is 33.8 Å². The molecule has 3 aromatic rings. The number of halogens is 1. The third kappa shape index (κ3) is 2.13. The fourth-order valence-corrected chi connectivity index (χ4v) is 2.80. The summed E-state index contributed by atoms with van der Waals surface area (Å²) in [5, 5.41) is 4.91. The molecule has 0 aliphatic rings. The Morgan fingerprint density at radius 1 is 1.15 bits per heavy atom. The monoisotopic (exact) mass is 289 g/mol. The van der Waals surface area contributed by atoms with E-state index in [1.807, 2.05) is 51.2 Å². The lowest BCUT2D eigenvalue weighted by atomic mass is 10.1. The van der Waals surface area contributed by atoms with E-state index in [4.69, 9.17) is 20.4 Å². The predicted molar refractivity (Wildman–Crippen MR) is 80.3 cm³/mol. The maximum atomic E-state index is 6.17. The molecule has 3 nitrogen and oxygen atoms in total. The summed E-state index contributed by atoms with van der Waals surface area (Å²) in [7, 11) is 1.90. The SMILES string of the molecule is CNC(c1cc2cccc(Cl)c2o1)c1cc(C)oc1C. The molecule has 0 saturated heterocycles. The second-order valence-corrected chi connectivity index (χ2v) is 5.30. The number of furan rings is 2. The number of para-hydroxylation sites is 1. The van der Waals surface area contributed by atoms with E-state index in [2.05, 4.69) is 5.32 Å². The van der Waals surface area contributed by atoms with Crippen LogP contribution < -0.4 is 5.32 Å². The summed E-state index contributed by atoms with van der Waals surface area (Å²) in [6, 6.07) is 9.75. The molecule has 0 saturated carbocycles. The predicted octanol–water partition coefficient (Wildman–Crippen LogP) is 4.60. The normalized spacial score (nSPS) is 13.0. The van der Waals surface area contributed by atoms with Crippen LogP contribution in [0.1, 0.15) is 28.9 Å². The summed E-state index contributed by atoms with van der Waals surface area (Å²) >= 11 is 6.17. The molecule has 0 bridgehead atoms. The highest BCUT2D eigenvalue weighted by Gasteiger charge is 2.21. The van der Waals surface area contributed by atoms with Crippen LogP contribution in [0, 0.1) is 13.8 Å². The Balaban J connectivity index is 2.12. The highest BCUT2D eigenvalue weighted by atomic mass is 35.5. The Morgan fingerprint density at radius 2 is 1.95 bits per heavy atom. The van der Waals surface area contributed by atoms with Crippen LogP contribution in [0.3, 0.4) is 0 Å². The zero-order valence-electron chi connectivity index (χ0n) is 11.7. The number of hydrogen-bond acceptors (Lipinski definition) is 3. The van der Waals surface area contributed by atoms with Crippen molar-refractivity contribution < 1.29 is 8.83 Å². The highest BCUT2D eigenvalue weighted by Crippen LogP contribution is 2.33. The van der Waals surface area contributed by atoms with Gasteiger partial charge in [0.1, 0.15) is 17.3 Å². The molecule has 0 spiro atoms. The van der Waals surface area contributed by atoms with Gasteiger partial charge in [-0.2, -0.15) is 0 Å². The zero-order valence-corrected chi connectivity index (χ0v) is 12.4. The van der Waals surface area contributed by atoms with Gasteiger partial charge in [-0.25, -0.2) is 0 Å². The molecule has 3 rings (SSSR count). The largest absolute Gasteiger partial charge is 0.466 e. The van der Waals surface area contributed by atoms with Gasteiger partial charge in [0.05, 0.1) is 11.1 Å². The Kier molecular flexibility index (Phi) is 3.32. The smallest absolute Gasteiger partial charge is 0.152 e. The van der Waals surface area contributed by atoms with Crippen LogP contribution in [-0.2, 0) is 0 Å². The molecule has 1 atom stereocenters. The standard InChI is InChI=1S/C16H16ClNO2/c1-9-7-12(10(2)19-9)15(18-3)14-8-11-5-4-6-13(17)16(11)20-14/h4-8,15,18H,1-3H3. The van der Waals surface area contributed by atoms with E-state index in [1.165, 1.54) is 0 Å². The van der Waals surface area contributed by atoms with Crippen LogP contribution in [0.15, 0.2) is 39.2 Å². The molecule has 20 heavy (non-hydrogen) atoms. The first-order valence-electron chi connectivity index (χ1n) is 6.52. The minimum Gasteiger partial charge on any atom is -0.466 e. The summed E-state index contributed by atoms with van der Waals surface area (Å²) in [5.41, 5.74) is 1.81. The molecular weight excluding hydrogens is 274 g/mol. The maximum absolute atomic E-state index is 6.17. The van der Waals surface area contributed by atoms with Gasteiger partial charge in [0, 0.05) is 10.9 Å². The van der Waals surface area contributed by atoms with Gasteiger partial charge >= 0.3 is 0 Å². The Bertz CT molecular complexity index is 757. The topological polar surface area (TPSA) is 38.3 Å². The summed E-state index contributed by atoms with van der Waals surface area (Å²) in [5.74, 6) is 2.62. The lowest BCUT2D eigenvalue weighted by Crippen LogP contribution is -2.17. The molecule has 1 unspecified atom stereocenters. The molecule has 2 heterocycles. The van der Waals surface area contributed by atoms with Crippen LogP contribution in [0.2, 0.25) is 5.02 Å². The van der Waals surface area contributed by atoms with Gasteiger partial charge in [-0.3, -0.25) is 0 Å². The van der Waals surface area contributed by atoms with Crippen molar-refractivity contribution in [3.63, 3.8) is 0 Å². The summed E-state index contributed by atoms with van der Waals surface area (Å²) < 4.78 is 11.5. The lowest BCUT2D eigenvalue weighted by Gasteiger charge is -2.12. The Hall–Kier alpha value is -1.71. The molecular formula is C16H16ClNO2. The van der Waals surface area contributed by atoms with Gasteiger partial charge in [-0.1, -0.05) is 23.7 Å². The van der Waals surface area contributed by atoms with Crippen molar-refractivity contribution in [3.8, 4) is 0 Å². The molecule has 2 aromatic heterocycles. The van der Waals surface area contributed by atoms with E-state index in [9.17, 15) is 0 Å². The van der Waals surface area contributed by atoms with Gasteiger partial charge in [0.15, 0.2) is 5.58 Å². The van der Waals surface area contributed by atoms with E-state index in [1.54, 1.807) is 0 Å². The van der Waals surface area contributed by atoms with E-state index < -0.39 is 0 Å². The summed E-state index contributed by atoms with van der Waals surface area (Å²) in [6.45, 7) is 3.90. The van der Waals surface area contributed by atoms with Crippen LogP contribution in [-0.4, -0.2) is 7.05 Å². The second kappa shape index (κ2) is 5.00. The fraction of sp³-hybridized carbons (Fsp3) is 0.250. The van der Waals surface area contributed by atoms with E-state index in [-0.39, 0.29) is 6.04 Å². The number of benzene rings is 1. The van der Waals surface area contributed by atoms with Crippen LogP contribution >= 0.6 is 11.6 Å². The molecule has 1 N–H and O–H groups in total. The van der Waals surface area contributed by atoms with E-state index >= 15 is 0 Å². The van der Waals surface area contributed by atoms with Crippen LogP contribution in [0.5, 0.6) is 0 Å². The van der Waals surface area contributed by atoms with Crippen LogP contribution in [0.4, 0.5) is 0 Å². The lowest BCUT2D eigenvalue weighted by molar-refractivity contribution is 0.471. The van der Waals surface area contributed by atoms with Crippen molar-refractivity contribution in [2.45, 2.75) is 19.9 Å². The van der Waals surface area contributed by atoms with Crippen molar-refractivity contribution in [2.24, 2.45) is 0 Å². The summed E-state index contributed by atoms with van der Waals surface area (Å²) in [6.07, 6.45) is 0. The minimum atomic E-state index is -0.0454. The number of fused-ring (bicyclic) bond motifs is 1. The zero-order chi connectivity index (χ0) is 14.3. The third-order valence-electron chi connectivity index (χ3n) is 3.48. The average molecular weight is 290 g/mol. The molecule has 0 amide bonds. The first kappa shape index (κ1) is 13.3. The number of nitrogens with one attached hydrogen (secondary N) is 1. The maximum Gasteiger partial charge on any atom is 0.152 e. The molecule has 0 fully saturated rings. The van der Waals surface area contributed by atoms with Gasteiger partial charge in [-0.15, -0.1) is 0 Å². The molecule has 4 heteroatoms. The number of hydrogen-bond donors (Lipinski definition) is 1. The second-order valence-electron chi connectivity index (χ2n) is 4.90. The first-order valence-corrected chi connectivity index (χ1v) is 6.90. The molecule has 0 aliphatic carbocycles.